The van der Waals surface area contributed by atoms with E-state index in [9.17, 15) is 4.79 Å². The number of piperazine rings is 1. The topological polar surface area (TPSA) is 32.8 Å². The van der Waals surface area contributed by atoms with Crippen LogP contribution in [0.25, 0.3) is 0 Å². The molecule has 0 radical (unpaired) electrons. The largest absolute Gasteiger partial charge is 0.444 e. The molecule has 2 fully saturated rings. The van der Waals surface area contributed by atoms with E-state index in [1.165, 1.54) is 26.8 Å². The van der Waals surface area contributed by atoms with Gasteiger partial charge < -0.3 is 14.5 Å². The Morgan fingerprint density at radius 1 is 1.26 bits per heavy atom. The first-order valence-electron chi connectivity index (χ1n) is 11.5. The third kappa shape index (κ3) is 4.19. The van der Waals surface area contributed by atoms with E-state index in [0.717, 1.165) is 12.8 Å². The third-order valence-electron chi connectivity index (χ3n) is 3.37. The van der Waals surface area contributed by atoms with E-state index in [0.29, 0.717) is 14.9 Å². The van der Waals surface area contributed by atoms with Gasteiger partial charge in [0, 0.05) is 36.1 Å². The second-order valence-electron chi connectivity index (χ2n) is 6.58. The lowest BCUT2D eigenvalue weighted by molar-refractivity contribution is 0.0240. The summed E-state index contributed by atoms with van der Waals surface area (Å²) in [7, 11) is 0. The molecule has 0 aromatic heterocycles. The fourth-order valence-electron chi connectivity index (χ4n) is 2.23. The van der Waals surface area contributed by atoms with Crippen molar-refractivity contribution in [2.75, 3.05) is 30.9 Å². The smallest absolute Gasteiger partial charge is 0.410 e. The Morgan fingerprint density at radius 3 is 2.48 bits per heavy atom. The number of nitrogens with zero attached hydrogens (tertiary/aromatic N) is 2. The molecular weight excluding hydrogens is 356 g/mol. The number of hydrogen-bond acceptors (Lipinski definition) is 3. The van der Waals surface area contributed by atoms with Crippen LogP contribution in [0, 0.1) is 0 Å². The molecule has 0 atom stereocenters. The molecule has 1 saturated carbocycles. The summed E-state index contributed by atoms with van der Waals surface area (Å²) < 4.78 is 73.8. The van der Waals surface area contributed by atoms with Crippen LogP contribution in [0.1, 0.15) is 56.1 Å². The first kappa shape index (κ1) is 9.30. The predicted molar refractivity (Wildman–Crippen MR) is 96.1 cm³/mol. The number of hydrogen-bond donors (Lipinski definition) is 0. The van der Waals surface area contributed by atoms with Crippen molar-refractivity contribution < 1.29 is 20.5 Å². The maximum absolute atomic E-state index is 12.8. The lowest BCUT2D eigenvalue weighted by Crippen LogP contribution is -2.50. The molecular formula is C18H25BrN2O2. The van der Waals surface area contributed by atoms with Crippen LogP contribution >= 0.6 is 15.9 Å². The van der Waals surface area contributed by atoms with Crippen LogP contribution in [0.4, 0.5) is 10.5 Å². The zero-order chi connectivity index (χ0) is 23.8. The standard InChI is InChI=1S/C18H25BrN2O2/c1-18(2,3)23-17(22)21-10-8-20(9-11-21)16-7-6-14(19)12-15(16)13-4-5-13/h6-7,12-13H,4-5,8-11H2,1-3H3/i8D2,9D2,10D2,11D2. The Hall–Kier alpha value is -1.23. The fourth-order valence-corrected chi connectivity index (χ4v) is 2.60. The molecule has 1 amide bonds. The van der Waals surface area contributed by atoms with Crippen molar-refractivity contribution in [3.8, 4) is 0 Å². The van der Waals surface area contributed by atoms with Crippen LogP contribution in [0.15, 0.2) is 22.7 Å². The zero-order valence-corrected chi connectivity index (χ0v) is 14.9. The Balaban J connectivity index is 2.21. The number of anilines is 1. The molecule has 1 heterocycles. The van der Waals surface area contributed by atoms with E-state index in [1.54, 1.807) is 12.1 Å². The van der Waals surface area contributed by atoms with Crippen molar-refractivity contribution in [1.29, 1.82) is 0 Å². The number of carbonyl (C=O) groups excluding carboxylic acids is 1. The van der Waals surface area contributed by atoms with Crippen LogP contribution in [0.3, 0.4) is 0 Å². The summed E-state index contributed by atoms with van der Waals surface area (Å²) in [5.41, 5.74) is -0.471. The van der Waals surface area contributed by atoms with E-state index in [4.69, 9.17) is 15.7 Å². The molecule has 126 valence electrons. The van der Waals surface area contributed by atoms with Crippen molar-refractivity contribution >= 4 is 27.7 Å². The van der Waals surface area contributed by atoms with E-state index >= 15 is 0 Å². The monoisotopic (exact) mass is 388 g/mol. The summed E-state index contributed by atoms with van der Waals surface area (Å²) >= 11 is 3.35. The lowest BCUT2D eigenvalue weighted by Gasteiger charge is -2.37. The van der Waals surface area contributed by atoms with Gasteiger partial charge in [-0.2, -0.15) is 0 Å². The van der Waals surface area contributed by atoms with Crippen molar-refractivity contribution in [3.63, 3.8) is 0 Å². The summed E-state index contributed by atoms with van der Waals surface area (Å²) in [6.45, 7) is -8.29. The number of ether oxygens (including phenoxy) is 1. The normalized spacial score (nSPS) is 32.9. The molecule has 0 spiro atoms. The summed E-state index contributed by atoms with van der Waals surface area (Å²) in [6, 6.07) is 4.73. The average molecular weight is 389 g/mol. The molecule has 1 aliphatic carbocycles. The van der Waals surface area contributed by atoms with Crippen molar-refractivity contribution in [1.82, 2.24) is 4.90 Å². The Bertz CT molecular complexity index is 871. The Kier molecular flexibility index (Phi) is 2.57. The predicted octanol–water partition coefficient (Wildman–Crippen LogP) is 4.38. The van der Waals surface area contributed by atoms with Gasteiger partial charge in [0.05, 0.1) is 11.0 Å². The van der Waals surface area contributed by atoms with Crippen LogP contribution in [-0.4, -0.2) is 42.6 Å². The second kappa shape index (κ2) is 6.34. The summed E-state index contributed by atoms with van der Waals surface area (Å²) in [5, 5.41) is 0. The highest BCUT2D eigenvalue weighted by Crippen LogP contribution is 2.45. The zero-order valence-electron chi connectivity index (χ0n) is 21.3. The summed E-state index contributed by atoms with van der Waals surface area (Å²) in [5.74, 6) is 0.0414. The molecule has 1 saturated heterocycles. The van der Waals surface area contributed by atoms with Gasteiger partial charge in [-0.3, -0.25) is 0 Å². The number of rotatable bonds is 2. The third-order valence-corrected chi connectivity index (χ3v) is 3.86. The summed E-state index contributed by atoms with van der Waals surface area (Å²) in [6.07, 6.45) is 0.147. The highest BCUT2D eigenvalue weighted by atomic mass is 79.9. The highest BCUT2D eigenvalue weighted by molar-refractivity contribution is 9.10. The average Bonchev–Trinajstić information content (AvgIpc) is 3.37. The molecule has 1 aliphatic heterocycles. The van der Waals surface area contributed by atoms with Crippen LogP contribution in [0.2, 0.25) is 0 Å². The SMILES string of the molecule is [2H]C1([2H])N(C(=O)OC(C)(C)C)C([2H])([2H])C([2H])([2H])N(c2ccc(Br)cc2C2CC2)C1([2H])[2H]. The van der Waals surface area contributed by atoms with Gasteiger partial charge in [-0.25, -0.2) is 4.79 Å². The van der Waals surface area contributed by atoms with Gasteiger partial charge in [0.2, 0.25) is 0 Å². The Morgan fingerprint density at radius 2 is 1.91 bits per heavy atom. The first-order valence-corrected chi connectivity index (χ1v) is 8.28. The second-order valence-corrected chi connectivity index (χ2v) is 7.49. The first-order chi connectivity index (χ1) is 13.9. The van der Waals surface area contributed by atoms with E-state index in [2.05, 4.69) is 15.9 Å². The summed E-state index contributed by atoms with van der Waals surface area (Å²) in [4.78, 5) is 13.2. The molecule has 0 N–H and O–H groups in total. The highest BCUT2D eigenvalue weighted by Gasteiger charge is 2.30. The van der Waals surface area contributed by atoms with Gasteiger partial charge in [-0.1, -0.05) is 15.9 Å². The van der Waals surface area contributed by atoms with Gasteiger partial charge in [-0.15, -0.1) is 0 Å². The van der Waals surface area contributed by atoms with Crippen molar-refractivity contribution in [3.05, 3.63) is 28.2 Å². The lowest BCUT2D eigenvalue weighted by atomic mass is 10.1. The molecule has 5 heteroatoms. The molecule has 4 nitrogen and oxygen atoms in total. The minimum absolute atomic E-state index is 0.0414. The van der Waals surface area contributed by atoms with Gasteiger partial charge in [0.1, 0.15) is 5.60 Å². The molecule has 2 aliphatic rings. The molecule has 1 aromatic carbocycles. The van der Waals surface area contributed by atoms with Gasteiger partial charge >= 0.3 is 6.09 Å². The van der Waals surface area contributed by atoms with Gasteiger partial charge in [-0.05, 0) is 63.3 Å². The van der Waals surface area contributed by atoms with Crippen molar-refractivity contribution in [2.24, 2.45) is 0 Å². The van der Waals surface area contributed by atoms with E-state index in [-0.39, 0.29) is 16.5 Å². The molecule has 3 rings (SSSR count). The van der Waals surface area contributed by atoms with Gasteiger partial charge in [0.25, 0.3) is 0 Å². The number of carbonyl (C=O) groups is 1. The maximum atomic E-state index is 12.8. The van der Waals surface area contributed by atoms with Crippen LogP contribution in [0.5, 0.6) is 0 Å². The number of halogens is 1. The van der Waals surface area contributed by atoms with E-state index in [1.807, 2.05) is 0 Å². The number of benzene rings is 1. The maximum Gasteiger partial charge on any atom is 0.410 e. The Labute approximate surface area is 158 Å². The molecule has 23 heavy (non-hydrogen) atoms. The minimum atomic E-state index is -3.27. The minimum Gasteiger partial charge on any atom is -0.444 e. The van der Waals surface area contributed by atoms with E-state index < -0.39 is 37.7 Å². The van der Waals surface area contributed by atoms with Crippen LogP contribution in [-0.2, 0) is 4.74 Å². The fraction of sp³-hybridized carbons (Fsp3) is 0.611. The molecule has 1 aromatic rings. The quantitative estimate of drug-likeness (QED) is 0.753. The van der Waals surface area contributed by atoms with Crippen molar-refractivity contribution in [2.45, 2.75) is 45.1 Å². The van der Waals surface area contributed by atoms with Crippen LogP contribution < -0.4 is 4.90 Å². The molecule has 0 bridgehead atoms. The molecule has 0 unspecified atom stereocenters. The van der Waals surface area contributed by atoms with Gasteiger partial charge in [0.15, 0.2) is 0 Å². The number of amides is 1.